The average Bonchev–Trinajstić information content (AvgIpc) is 2.94. The molecule has 3 rings (SSSR count). The maximum atomic E-state index is 12.3. The van der Waals surface area contributed by atoms with E-state index in [-0.39, 0.29) is 30.5 Å². The number of halogens is 1. The highest BCUT2D eigenvalue weighted by atomic mass is 35.5. The topological polar surface area (TPSA) is 55.6 Å². The average molecular weight is 275 g/mol. The molecule has 1 spiro atoms. The number of carbonyl (C=O) groups is 1. The van der Waals surface area contributed by atoms with E-state index >= 15 is 0 Å². The Balaban J connectivity index is 0.00000120. The largest absolute Gasteiger partial charge is 0.364 e. The smallest absolute Gasteiger partial charge is 0.251 e. The highest BCUT2D eigenvalue weighted by molar-refractivity contribution is 5.85. The fourth-order valence-electron chi connectivity index (χ4n) is 3.47. The zero-order valence-corrected chi connectivity index (χ0v) is 11.6. The van der Waals surface area contributed by atoms with E-state index < -0.39 is 0 Å². The molecule has 3 fully saturated rings. The molecule has 2 atom stereocenters. The molecule has 5 heteroatoms. The Bertz CT molecular complexity index is 320. The highest BCUT2D eigenvalue weighted by Crippen LogP contribution is 2.48. The van der Waals surface area contributed by atoms with E-state index in [0.29, 0.717) is 12.0 Å². The molecular weight excluding hydrogens is 252 g/mol. The van der Waals surface area contributed by atoms with Crippen molar-refractivity contribution in [3.63, 3.8) is 0 Å². The van der Waals surface area contributed by atoms with Crippen molar-refractivity contribution in [3.05, 3.63) is 0 Å². The molecule has 0 bridgehead atoms. The van der Waals surface area contributed by atoms with Crippen LogP contribution < -0.4 is 5.73 Å². The molecule has 2 saturated heterocycles. The Morgan fingerprint density at radius 3 is 2.61 bits per heavy atom. The van der Waals surface area contributed by atoms with Gasteiger partial charge >= 0.3 is 0 Å². The van der Waals surface area contributed by atoms with Gasteiger partial charge in [0.25, 0.3) is 5.91 Å². The minimum absolute atomic E-state index is 0. The number of nitrogens with zero attached hydrogens (tertiary/aromatic N) is 1. The third-order valence-electron chi connectivity index (χ3n) is 4.81. The van der Waals surface area contributed by atoms with Gasteiger partial charge in [-0.15, -0.1) is 12.4 Å². The summed E-state index contributed by atoms with van der Waals surface area (Å²) in [6, 6.07) is 0. The van der Waals surface area contributed by atoms with E-state index in [1.54, 1.807) is 0 Å². The quantitative estimate of drug-likeness (QED) is 0.826. The summed E-state index contributed by atoms with van der Waals surface area (Å²) in [5, 5.41) is 0. The summed E-state index contributed by atoms with van der Waals surface area (Å²) in [4.78, 5) is 14.3. The zero-order valence-electron chi connectivity index (χ0n) is 10.8. The SMILES string of the molecule is Cl.NC[C@H]1CC[C@@H](C(=O)N2CCC3(CCC3)C2)O1. The molecule has 0 unspecified atom stereocenters. The van der Waals surface area contributed by atoms with Gasteiger partial charge in [0.2, 0.25) is 0 Å². The van der Waals surface area contributed by atoms with Crippen LogP contribution in [0, 0.1) is 5.41 Å². The van der Waals surface area contributed by atoms with Crippen molar-refractivity contribution in [2.45, 2.75) is 50.7 Å². The van der Waals surface area contributed by atoms with Gasteiger partial charge in [0.15, 0.2) is 0 Å². The Hall–Kier alpha value is -0.320. The Kier molecular flexibility index (Phi) is 4.19. The van der Waals surface area contributed by atoms with Gasteiger partial charge in [-0.05, 0) is 37.5 Å². The fourth-order valence-corrected chi connectivity index (χ4v) is 3.47. The van der Waals surface area contributed by atoms with Gasteiger partial charge < -0.3 is 15.4 Å². The molecule has 1 aliphatic carbocycles. The summed E-state index contributed by atoms with van der Waals surface area (Å²) in [5.74, 6) is 0.213. The first kappa shape index (κ1) is 14.1. The van der Waals surface area contributed by atoms with Crippen LogP contribution in [-0.2, 0) is 9.53 Å². The number of hydrogen-bond acceptors (Lipinski definition) is 3. The fraction of sp³-hybridized carbons (Fsp3) is 0.923. The molecule has 2 heterocycles. The lowest BCUT2D eigenvalue weighted by Crippen LogP contribution is -2.41. The molecule has 2 aliphatic heterocycles. The van der Waals surface area contributed by atoms with Gasteiger partial charge in [-0.3, -0.25) is 4.79 Å². The maximum absolute atomic E-state index is 12.3. The summed E-state index contributed by atoms with van der Waals surface area (Å²) in [6.45, 7) is 2.44. The number of carbonyl (C=O) groups excluding carboxylic acids is 1. The summed E-state index contributed by atoms with van der Waals surface area (Å²) in [5.41, 5.74) is 6.06. The number of hydrogen-bond donors (Lipinski definition) is 1. The molecule has 0 aromatic rings. The van der Waals surface area contributed by atoms with Crippen molar-refractivity contribution in [2.24, 2.45) is 11.1 Å². The lowest BCUT2D eigenvalue weighted by atomic mass is 9.68. The first-order valence-corrected chi connectivity index (χ1v) is 6.87. The number of ether oxygens (including phenoxy) is 1. The van der Waals surface area contributed by atoms with Crippen molar-refractivity contribution in [2.75, 3.05) is 19.6 Å². The molecule has 1 amide bonds. The Labute approximate surface area is 115 Å². The van der Waals surface area contributed by atoms with Crippen molar-refractivity contribution in [3.8, 4) is 0 Å². The second kappa shape index (κ2) is 5.35. The Morgan fingerprint density at radius 2 is 2.11 bits per heavy atom. The van der Waals surface area contributed by atoms with Crippen molar-refractivity contribution in [1.29, 1.82) is 0 Å². The number of amides is 1. The van der Waals surface area contributed by atoms with Crippen LogP contribution in [0.1, 0.15) is 38.5 Å². The monoisotopic (exact) mass is 274 g/mol. The Morgan fingerprint density at radius 1 is 1.33 bits per heavy atom. The summed E-state index contributed by atoms with van der Waals surface area (Å²) in [6.07, 6.45) is 6.85. The molecule has 0 radical (unpaired) electrons. The first-order chi connectivity index (χ1) is 8.22. The third kappa shape index (κ3) is 2.38. The summed E-state index contributed by atoms with van der Waals surface area (Å²) < 4.78 is 5.69. The standard InChI is InChI=1S/C13H22N2O2.ClH/c14-8-10-2-3-11(17-10)12(16)15-7-6-13(9-15)4-1-5-13;/h10-11H,1-9,14H2;1H/t10-,11+;/m1./s1. The highest BCUT2D eigenvalue weighted by Gasteiger charge is 2.45. The van der Waals surface area contributed by atoms with E-state index in [4.69, 9.17) is 10.5 Å². The van der Waals surface area contributed by atoms with Crippen LogP contribution in [-0.4, -0.2) is 42.6 Å². The summed E-state index contributed by atoms with van der Waals surface area (Å²) >= 11 is 0. The van der Waals surface area contributed by atoms with E-state index in [1.165, 1.54) is 25.7 Å². The van der Waals surface area contributed by atoms with Crippen LogP contribution in [0.4, 0.5) is 0 Å². The summed E-state index contributed by atoms with van der Waals surface area (Å²) in [7, 11) is 0. The van der Waals surface area contributed by atoms with Crippen LogP contribution in [0.25, 0.3) is 0 Å². The van der Waals surface area contributed by atoms with Crippen LogP contribution in [0.5, 0.6) is 0 Å². The molecule has 3 aliphatic rings. The molecule has 104 valence electrons. The normalized spacial score (nSPS) is 33.3. The molecule has 18 heavy (non-hydrogen) atoms. The molecule has 4 nitrogen and oxygen atoms in total. The van der Waals surface area contributed by atoms with Gasteiger partial charge in [-0.2, -0.15) is 0 Å². The van der Waals surface area contributed by atoms with Gasteiger partial charge in [0.05, 0.1) is 6.10 Å². The molecule has 0 aromatic carbocycles. The molecular formula is C13H23ClN2O2. The van der Waals surface area contributed by atoms with E-state index in [1.807, 2.05) is 4.90 Å². The third-order valence-corrected chi connectivity index (χ3v) is 4.81. The lowest BCUT2D eigenvalue weighted by molar-refractivity contribution is -0.142. The van der Waals surface area contributed by atoms with Gasteiger partial charge in [-0.1, -0.05) is 6.42 Å². The molecule has 0 aromatic heterocycles. The first-order valence-electron chi connectivity index (χ1n) is 6.87. The van der Waals surface area contributed by atoms with Crippen molar-refractivity contribution >= 4 is 18.3 Å². The van der Waals surface area contributed by atoms with Crippen LogP contribution >= 0.6 is 12.4 Å². The maximum Gasteiger partial charge on any atom is 0.251 e. The lowest BCUT2D eigenvalue weighted by Gasteiger charge is -2.38. The minimum Gasteiger partial charge on any atom is -0.364 e. The van der Waals surface area contributed by atoms with Crippen molar-refractivity contribution < 1.29 is 9.53 Å². The van der Waals surface area contributed by atoms with Gasteiger partial charge in [-0.25, -0.2) is 0 Å². The number of likely N-dealkylation sites (tertiary alicyclic amines) is 1. The van der Waals surface area contributed by atoms with E-state index in [2.05, 4.69) is 0 Å². The van der Waals surface area contributed by atoms with Crippen LogP contribution in [0.2, 0.25) is 0 Å². The number of nitrogens with two attached hydrogens (primary N) is 1. The van der Waals surface area contributed by atoms with Crippen LogP contribution in [0.3, 0.4) is 0 Å². The number of rotatable bonds is 2. The van der Waals surface area contributed by atoms with E-state index in [9.17, 15) is 4.79 Å². The minimum atomic E-state index is -0.209. The second-order valence-corrected chi connectivity index (χ2v) is 5.92. The van der Waals surface area contributed by atoms with Crippen LogP contribution in [0.15, 0.2) is 0 Å². The predicted octanol–water partition coefficient (Wildman–Crippen LogP) is 1.32. The molecule has 1 saturated carbocycles. The second-order valence-electron chi connectivity index (χ2n) is 5.92. The van der Waals surface area contributed by atoms with Gasteiger partial charge in [0.1, 0.15) is 6.10 Å². The predicted molar refractivity (Wildman–Crippen MR) is 71.7 cm³/mol. The molecule has 2 N–H and O–H groups in total. The zero-order chi connectivity index (χ0) is 11.9. The van der Waals surface area contributed by atoms with E-state index in [0.717, 1.165) is 25.9 Å². The van der Waals surface area contributed by atoms with Gasteiger partial charge in [0, 0.05) is 19.6 Å². The van der Waals surface area contributed by atoms with Crippen molar-refractivity contribution in [1.82, 2.24) is 4.90 Å².